The van der Waals surface area contributed by atoms with Gasteiger partial charge in [-0.25, -0.2) is 10.8 Å². The number of aliphatic hydroxyl groups excluding tert-OH is 1. The van der Waals surface area contributed by atoms with Gasteiger partial charge in [0.2, 0.25) is 5.96 Å². The zero-order valence-electron chi connectivity index (χ0n) is 6.04. The SMILES string of the molecule is CCC(CO)N=C(N)NN. The van der Waals surface area contributed by atoms with Gasteiger partial charge in [0.25, 0.3) is 0 Å². The van der Waals surface area contributed by atoms with Gasteiger partial charge in [0.15, 0.2) is 0 Å². The summed E-state index contributed by atoms with van der Waals surface area (Å²) in [5, 5.41) is 8.64. The van der Waals surface area contributed by atoms with Gasteiger partial charge < -0.3 is 10.8 Å². The second kappa shape index (κ2) is 5.01. The molecule has 0 aromatic heterocycles. The van der Waals surface area contributed by atoms with E-state index in [2.05, 4.69) is 10.4 Å². The van der Waals surface area contributed by atoms with E-state index in [1.54, 1.807) is 0 Å². The van der Waals surface area contributed by atoms with Gasteiger partial charge in [0, 0.05) is 0 Å². The molecule has 5 heteroatoms. The lowest BCUT2D eigenvalue weighted by atomic mass is 10.2. The topological polar surface area (TPSA) is 96.7 Å². The van der Waals surface area contributed by atoms with Gasteiger partial charge in [-0.1, -0.05) is 6.92 Å². The Labute approximate surface area is 60.1 Å². The Kier molecular flexibility index (Phi) is 4.61. The van der Waals surface area contributed by atoms with Crippen LogP contribution in [0.2, 0.25) is 0 Å². The number of hydrogen-bond donors (Lipinski definition) is 4. The first kappa shape index (κ1) is 9.19. The Morgan fingerprint density at radius 1 is 1.80 bits per heavy atom. The quantitative estimate of drug-likeness (QED) is 0.169. The molecule has 0 bridgehead atoms. The van der Waals surface area contributed by atoms with E-state index >= 15 is 0 Å². The van der Waals surface area contributed by atoms with Crippen LogP contribution in [0.4, 0.5) is 0 Å². The number of hydrogen-bond acceptors (Lipinski definition) is 3. The molecule has 0 aliphatic rings. The molecule has 60 valence electrons. The number of nitrogens with two attached hydrogens (primary N) is 2. The van der Waals surface area contributed by atoms with Crippen LogP contribution >= 0.6 is 0 Å². The van der Waals surface area contributed by atoms with E-state index in [0.29, 0.717) is 0 Å². The first-order valence-corrected chi connectivity index (χ1v) is 3.15. The predicted molar refractivity (Wildman–Crippen MR) is 40.1 cm³/mol. The molecule has 0 aromatic rings. The first-order chi connectivity index (χ1) is 4.74. The van der Waals surface area contributed by atoms with Gasteiger partial charge in [-0.2, -0.15) is 0 Å². The standard InChI is InChI=1S/C5H14N4O/c1-2-4(3-10)8-5(6)9-7/h4,10H,2-3,7H2,1H3,(H3,6,8,9). The largest absolute Gasteiger partial charge is 0.394 e. The zero-order valence-corrected chi connectivity index (χ0v) is 6.04. The van der Waals surface area contributed by atoms with Crippen molar-refractivity contribution in [2.75, 3.05) is 6.61 Å². The molecule has 0 aliphatic carbocycles. The molecule has 5 nitrogen and oxygen atoms in total. The third-order valence-corrected chi connectivity index (χ3v) is 1.15. The second-order valence-corrected chi connectivity index (χ2v) is 1.90. The highest BCUT2D eigenvalue weighted by Crippen LogP contribution is 1.93. The molecule has 0 saturated carbocycles. The Morgan fingerprint density at radius 2 is 2.40 bits per heavy atom. The number of aliphatic hydroxyl groups is 1. The van der Waals surface area contributed by atoms with Crippen molar-refractivity contribution >= 4 is 5.96 Å². The van der Waals surface area contributed by atoms with E-state index in [4.69, 9.17) is 16.7 Å². The molecule has 1 atom stereocenters. The highest BCUT2D eigenvalue weighted by Gasteiger charge is 2.00. The summed E-state index contributed by atoms with van der Waals surface area (Å²) in [6.45, 7) is 1.91. The van der Waals surface area contributed by atoms with E-state index in [9.17, 15) is 0 Å². The molecule has 1 unspecified atom stereocenters. The monoisotopic (exact) mass is 146 g/mol. The third kappa shape index (κ3) is 3.26. The predicted octanol–water partition coefficient (Wildman–Crippen LogP) is -1.46. The van der Waals surface area contributed by atoms with E-state index in [1.165, 1.54) is 0 Å². The summed E-state index contributed by atoms with van der Waals surface area (Å²) in [6, 6.07) is -0.143. The highest BCUT2D eigenvalue weighted by atomic mass is 16.3. The van der Waals surface area contributed by atoms with Crippen LogP contribution in [0.5, 0.6) is 0 Å². The van der Waals surface area contributed by atoms with Crippen LogP contribution < -0.4 is 17.0 Å². The molecule has 0 radical (unpaired) electrons. The number of nitrogens with zero attached hydrogens (tertiary/aromatic N) is 1. The van der Waals surface area contributed by atoms with Crippen LogP contribution in [0.15, 0.2) is 4.99 Å². The lowest BCUT2D eigenvalue weighted by Crippen LogP contribution is -2.38. The average Bonchev–Trinajstić information content (AvgIpc) is 1.99. The summed E-state index contributed by atoms with van der Waals surface area (Å²) < 4.78 is 0. The Balaban J connectivity index is 3.80. The molecule has 0 saturated heterocycles. The number of rotatable bonds is 3. The third-order valence-electron chi connectivity index (χ3n) is 1.15. The molecular weight excluding hydrogens is 132 g/mol. The van der Waals surface area contributed by atoms with Gasteiger partial charge in [-0.15, -0.1) is 0 Å². The maximum atomic E-state index is 8.64. The summed E-state index contributed by atoms with van der Waals surface area (Å²) in [5.41, 5.74) is 7.41. The van der Waals surface area contributed by atoms with Crippen LogP contribution in [0.25, 0.3) is 0 Å². The van der Waals surface area contributed by atoms with E-state index in [0.717, 1.165) is 6.42 Å². The van der Waals surface area contributed by atoms with Crippen molar-refractivity contribution in [3.8, 4) is 0 Å². The maximum Gasteiger partial charge on any atom is 0.203 e. The van der Waals surface area contributed by atoms with Crippen molar-refractivity contribution in [1.82, 2.24) is 5.43 Å². The molecule has 0 heterocycles. The van der Waals surface area contributed by atoms with Crippen LogP contribution in [-0.4, -0.2) is 23.7 Å². The van der Waals surface area contributed by atoms with Crippen molar-refractivity contribution in [2.45, 2.75) is 19.4 Å². The van der Waals surface area contributed by atoms with Crippen LogP contribution in [0.1, 0.15) is 13.3 Å². The molecule has 0 aliphatic heterocycles. The molecule has 6 N–H and O–H groups in total. The minimum Gasteiger partial charge on any atom is -0.394 e. The fraction of sp³-hybridized carbons (Fsp3) is 0.800. The molecule has 0 spiro atoms. The molecule has 0 fully saturated rings. The van der Waals surface area contributed by atoms with Gasteiger partial charge in [-0.3, -0.25) is 5.43 Å². The van der Waals surface area contributed by atoms with E-state index in [-0.39, 0.29) is 18.6 Å². The normalized spacial score (nSPS) is 14.9. The Bertz CT molecular complexity index is 110. The summed E-state index contributed by atoms with van der Waals surface area (Å²) >= 11 is 0. The maximum absolute atomic E-state index is 8.64. The van der Waals surface area contributed by atoms with E-state index in [1.807, 2.05) is 6.92 Å². The second-order valence-electron chi connectivity index (χ2n) is 1.90. The molecule has 0 aromatic carbocycles. The fourth-order valence-corrected chi connectivity index (χ4v) is 0.495. The molecule has 0 rings (SSSR count). The van der Waals surface area contributed by atoms with Gasteiger partial charge in [0.05, 0.1) is 12.6 Å². The minimum absolute atomic E-state index is 0.00111. The number of guanidine groups is 1. The first-order valence-electron chi connectivity index (χ1n) is 3.15. The van der Waals surface area contributed by atoms with Crippen molar-refractivity contribution in [2.24, 2.45) is 16.6 Å². The Morgan fingerprint density at radius 3 is 2.70 bits per heavy atom. The smallest absolute Gasteiger partial charge is 0.203 e. The molecule has 0 amide bonds. The van der Waals surface area contributed by atoms with Crippen molar-refractivity contribution in [3.05, 3.63) is 0 Å². The van der Waals surface area contributed by atoms with Crippen LogP contribution in [-0.2, 0) is 0 Å². The number of aliphatic imine (C=N–C) groups is 1. The number of nitrogens with one attached hydrogen (secondary N) is 1. The lowest BCUT2D eigenvalue weighted by Gasteiger charge is -2.06. The summed E-state index contributed by atoms with van der Waals surface area (Å²) in [4.78, 5) is 3.84. The van der Waals surface area contributed by atoms with Gasteiger partial charge in [-0.05, 0) is 6.42 Å². The highest BCUT2D eigenvalue weighted by molar-refractivity contribution is 5.77. The minimum atomic E-state index is -0.143. The Hall–Kier alpha value is -0.810. The molecule has 10 heavy (non-hydrogen) atoms. The van der Waals surface area contributed by atoms with Crippen molar-refractivity contribution in [3.63, 3.8) is 0 Å². The van der Waals surface area contributed by atoms with Gasteiger partial charge >= 0.3 is 0 Å². The number of hydrazine groups is 1. The van der Waals surface area contributed by atoms with Crippen molar-refractivity contribution < 1.29 is 5.11 Å². The lowest BCUT2D eigenvalue weighted by molar-refractivity contribution is 0.264. The summed E-state index contributed by atoms with van der Waals surface area (Å²) in [6.07, 6.45) is 0.749. The zero-order chi connectivity index (χ0) is 7.98. The molecular formula is C5H14N4O. The summed E-state index contributed by atoms with van der Waals surface area (Å²) in [5.74, 6) is 5.10. The van der Waals surface area contributed by atoms with Crippen molar-refractivity contribution in [1.29, 1.82) is 0 Å². The fourth-order valence-electron chi connectivity index (χ4n) is 0.495. The average molecular weight is 146 g/mol. The van der Waals surface area contributed by atoms with Gasteiger partial charge in [0.1, 0.15) is 0 Å². The van der Waals surface area contributed by atoms with Crippen LogP contribution in [0.3, 0.4) is 0 Å². The van der Waals surface area contributed by atoms with E-state index < -0.39 is 0 Å². The van der Waals surface area contributed by atoms with Crippen LogP contribution in [0, 0.1) is 0 Å². The summed E-state index contributed by atoms with van der Waals surface area (Å²) in [7, 11) is 0.